The second kappa shape index (κ2) is 12.1. The van der Waals surface area contributed by atoms with Gasteiger partial charge in [0.15, 0.2) is 16.7 Å². The minimum Gasteiger partial charge on any atom is -0.493 e. The van der Waals surface area contributed by atoms with E-state index >= 15 is 0 Å². The van der Waals surface area contributed by atoms with Crippen LogP contribution in [0.4, 0.5) is 11.4 Å². The number of hydrogen-bond acceptors (Lipinski definition) is 6. The van der Waals surface area contributed by atoms with Crippen LogP contribution in [0.15, 0.2) is 82.3 Å². The van der Waals surface area contributed by atoms with Crippen molar-refractivity contribution in [3.63, 3.8) is 0 Å². The molecular formula is C27H26BrN3O4S. The van der Waals surface area contributed by atoms with E-state index in [1.54, 1.807) is 19.1 Å². The number of carbonyl (C=O) groups is 2. The molecule has 36 heavy (non-hydrogen) atoms. The fourth-order valence-corrected chi connectivity index (χ4v) is 5.26. The summed E-state index contributed by atoms with van der Waals surface area (Å²) in [7, 11) is 3.19. The molecule has 1 atom stereocenters. The number of hydrogen-bond donors (Lipinski definition) is 1. The van der Waals surface area contributed by atoms with E-state index in [9.17, 15) is 9.59 Å². The summed E-state index contributed by atoms with van der Waals surface area (Å²) in [4.78, 5) is 32.7. The molecule has 7 nitrogen and oxygen atoms in total. The lowest BCUT2D eigenvalue weighted by Gasteiger charge is -2.32. The van der Waals surface area contributed by atoms with Crippen LogP contribution in [0, 0.1) is 0 Å². The lowest BCUT2D eigenvalue weighted by molar-refractivity contribution is -0.129. The number of nitrogens with one attached hydrogen (secondary N) is 1. The average molecular weight is 568 g/mol. The van der Waals surface area contributed by atoms with Gasteiger partial charge in [0, 0.05) is 23.1 Å². The normalized spacial score (nSPS) is 16.6. The van der Waals surface area contributed by atoms with Gasteiger partial charge in [0.25, 0.3) is 0 Å². The molecule has 3 aromatic rings. The molecule has 1 saturated heterocycles. The first kappa shape index (κ1) is 25.8. The number of benzene rings is 3. The Morgan fingerprint density at radius 3 is 2.56 bits per heavy atom. The van der Waals surface area contributed by atoms with Crippen LogP contribution in [0.3, 0.4) is 0 Å². The fraction of sp³-hybridized carbons (Fsp3) is 0.222. The molecule has 0 aromatic heterocycles. The van der Waals surface area contributed by atoms with Crippen LogP contribution in [0.1, 0.15) is 12.0 Å². The molecule has 3 aromatic carbocycles. The van der Waals surface area contributed by atoms with E-state index < -0.39 is 5.25 Å². The number of halogens is 1. The summed E-state index contributed by atoms with van der Waals surface area (Å²) in [5.74, 6) is 0.915. The van der Waals surface area contributed by atoms with E-state index in [-0.39, 0.29) is 18.2 Å². The van der Waals surface area contributed by atoms with Crippen molar-refractivity contribution in [2.75, 3.05) is 26.1 Å². The van der Waals surface area contributed by atoms with Crippen LogP contribution < -0.4 is 14.8 Å². The minimum atomic E-state index is -0.587. The molecule has 1 heterocycles. The van der Waals surface area contributed by atoms with Crippen molar-refractivity contribution in [1.82, 2.24) is 4.90 Å². The van der Waals surface area contributed by atoms with Crippen molar-refractivity contribution in [1.29, 1.82) is 0 Å². The molecule has 186 valence electrons. The predicted octanol–water partition coefficient (Wildman–Crippen LogP) is 5.67. The third kappa shape index (κ3) is 6.47. The molecular weight excluding hydrogens is 542 g/mol. The highest BCUT2D eigenvalue weighted by atomic mass is 79.9. The van der Waals surface area contributed by atoms with E-state index in [0.717, 1.165) is 15.7 Å². The minimum absolute atomic E-state index is 0.0875. The monoisotopic (exact) mass is 567 g/mol. The highest BCUT2D eigenvalue weighted by Crippen LogP contribution is 2.31. The second-order valence-electron chi connectivity index (χ2n) is 8.02. The summed E-state index contributed by atoms with van der Waals surface area (Å²) in [6.07, 6.45) is 0.680. The average Bonchev–Trinajstić information content (AvgIpc) is 2.88. The molecule has 2 amide bonds. The predicted molar refractivity (Wildman–Crippen MR) is 147 cm³/mol. The maximum Gasteiger partial charge on any atom is 0.238 e. The summed E-state index contributed by atoms with van der Waals surface area (Å²) in [5, 5.41) is 2.83. The van der Waals surface area contributed by atoms with Gasteiger partial charge >= 0.3 is 0 Å². The zero-order chi connectivity index (χ0) is 25.5. The van der Waals surface area contributed by atoms with Gasteiger partial charge in [0.05, 0.1) is 19.9 Å². The number of para-hydroxylation sites is 1. The van der Waals surface area contributed by atoms with Gasteiger partial charge in [-0.25, -0.2) is 4.99 Å². The standard InChI is InChI=1S/C27H26BrN3O4S/c1-34-22-12-11-18(15-23(22)35-2)13-14-31-25(32)17-24(26(33)29-21-10-6-7-19(28)16-21)36-27(31)30-20-8-4-3-5-9-20/h3-12,15-16,24H,13-14,17H2,1-2H3,(H,29,33). The Kier molecular flexibility index (Phi) is 8.66. The van der Waals surface area contributed by atoms with Crippen molar-refractivity contribution in [2.24, 2.45) is 4.99 Å². The Hall–Kier alpha value is -3.30. The van der Waals surface area contributed by atoms with Gasteiger partial charge in [-0.15, -0.1) is 0 Å². The van der Waals surface area contributed by atoms with E-state index in [0.29, 0.717) is 35.3 Å². The highest BCUT2D eigenvalue weighted by molar-refractivity contribution is 9.10. The van der Waals surface area contributed by atoms with Gasteiger partial charge in [-0.3, -0.25) is 14.5 Å². The number of amidine groups is 1. The lowest BCUT2D eigenvalue weighted by atomic mass is 10.1. The Morgan fingerprint density at radius 1 is 1.06 bits per heavy atom. The van der Waals surface area contributed by atoms with E-state index in [1.807, 2.05) is 72.8 Å². The van der Waals surface area contributed by atoms with Crippen LogP contribution in [-0.2, 0) is 16.0 Å². The summed E-state index contributed by atoms with van der Waals surface area (Å²) in [6, 6.07) is 22.5. The van der Waals surface area contributed by atoms with Crippen molar-refractivity contribution in [3.05, 3.63) is 82.8 Å². The Bertz CT molecular complexity index is 1270. The zero-order valence-corrected chi connectivity index (χ0v) is 22.3. The molecule has 9 heteroatoms. The van der Waals surface area contributed by atoms with Gasteiger partial charge in [-0.05, 0) is 54.4 Å². The van der Waals surface area contributed by atoms with Crippen LogP contribution in [0.25, 0.3) is 0 Å². The van der Waals surface area contributed by atoms with Gasteiger partial charge < -0.3 is 14.8 Å². The second-order valence-corrected chi connectivity index (χ2v) is 10.1. The van der Waals surface area contributed by atoms with E-state index in [1.165, 1.54) is 11.8 Å². The zero-order valence-electron chi connectivity index (χ0n) is 19.9. The number of rotatable bonds is 8. The van der Waals surface area contributed by atoms with E-state index in [2.05, 4.69) is 21.2 Å². The molecule has 0 spiro atoms. The Labute approximate surface area is 223 Å². The van der Waals surface area contributed by atoms with Crippen LogP contribution >= 0.6 is 27.7 Å². The molecule has 1 N–H and O–H groups in total. The van der Waals surface area contributed by atoms with Gasteiger partial charge in [0.1, 0.15) is 5.25 Å². The smallest absolute Gasteiger partial charge is 0.238 e. The first-order valence-corrected chi connectivity index (χ1v) is 13.0. The number of anilines is 1. The largest absolute Gasteiger partial charge is 0.493 e. The quantitative estimate of drug-likeness (QED) is 0.379. The highest BCUT2D eigenvalue weighted by Gasteiger charge is 2.35. The molecule has 4 rings (SSSR count). The summed E-state index contributed by atoms with van der Waals surface area (Å²) in [5.41, 5.74) is 2.39. The van der Waals surface area contributed by atoms with Crippen molar-refractivity contribution in [3.8, 4) is 11.5 Å². The fourth-order valence-electron chi connectivity index (χ4n) is 3.74. The topological polar surface area (TPSA) is 80.2 Å². The van der Waals surface area contributed by atoms with Crippen molar-refractivity contribution in [2.45, 2.75) is 18.1 Å². The number of nitrogens with zero attached hydrogens (tertiary/aromatic N) is 2. The number of methoxy groups -OCH3 is 2. The summed E-state index contributed by atoms with van der Waals surface area (Å²) < 4.78 is 11.6. The molecule has 1 unspecified atom stereocenters. The number of thioether (sulfide) groups is 1. The maximum atomic E-state index is 13.3. The van der Waals surface area contributed by atoms with Gasteiger partial charge in [-0.2, -0.15) is 0 Å². The van der Waals surface area contributed by atoms with Gasteiger partial charge in [-0.1, -0.05) is 58.0 Å². The number of carbonyl (C=O) groups excluding carboxylic acids is 2. The van der Waals surface area contributed by atoms with Crippen LogP contribution in [-0.4, -0.2) is 47.9 Å². The van der Waals surface area contributed by atoms with Crippen molar-refractivity contribution < 1.29 is 19.1 Å². The molecule has 1 aliphatic heterocycles. The molecule has 0 saturated carbocycles. The van der Waals surface area contributed by atoms with Crippen LogP contribution in [0.2, 0.25) is 0 Å². The van der Waals surface area contributed by atoms with E-state index in [4.69, 9.17) is 14.5 Å². The Morgan fingerprint density at radius 2 is 1.83 bits per heavy atom. The molecule has 0 radical (unpaired) electrons. The Balaban J connectivity index is 1.54. The van der Waals surface area contributed by atoms with Crippen LogP contribution in [0.5, 0.6) is 11.5 Å². The first-order valence-electron chi connectivity index (χ1n) is 11.3. The molecule has 0 aliphatic carbocycles. The summed E-state index contributed by atoms with van der Waals surface area (Å²) in [6.45, 7) is 0.424. The number of ether oxygens (including phenoxy) is 2. The SMILES string of the molecule is COc1ccc(CCN2C(=O)CC(C(=O)Nc3cccc(Br)c3)SC2=Nc2ccccc2)cc1OC. The number of amides is 2. The lowest BCUT2D eigenvalue weighted by Crippen LogP contribution is -2.46. The maximum absolute atomic E-state index is 13.3. The third-order valence-corrected chi connectivity index (χ3v) is 7.26. The number of aliphatic imine (C=N–C) groups is 1. The first-order chi connectivity index (χ1) is 17.5. The van der Waals surface area contributed by atoms with Crippen molar-refractivity contribution >= 4 is 56.0 Å². The molecule has 0 bridgehead atoms. The molecule has 1 aliphatic rings. The summed E-state index contributed by atoms with van der Waals surface area (Å²) >= 11 is 4.72. The molecule has 1 fully saturated rings. The van der Waals surface area contributed by atoms with Gasteiger partial charge in [0.2, 0.25) is 11.8 Å². The third-order valence-electron chi connectivity index (χ3n) is 5.58.